The number of Topliss-reactive ketones (excluding diaryl/α,β-unsaturated/α-hetero) is 2. The minimum absolute atomic E-state index is 0.0460. The molecule has 2 bridgehead atoms. The van der Waals surface area contributed by atoms with Crippen LogP contribution in [0.15, 0.2) is 36.0 Å². The molecule has 2 saturated heterocycles. The normalized spacial score (nSPS) is 26.8. The Morgan fingerprint density at radius 3 is 1.62 bits per heavy atom. The Morgan fingerprint density at radius 1 is 0.587 bits per heavy atom. The largest absolute Gasteiger partial charge is 0.466 e. The first-order chi connectivity index (χ1) is 52.4. The number of carbonyl (C=O) groups is 9. The number of piperidine rings is 1. The van der Waals surface area contributed by atoms with Gasteiger partial charge in [-0.2, -0.15) is 0 Å². The molecule has 0 N–H and O–H groups in total. The highest BCUT2D eigenvalue weighted by molar-refractivity contribution is 6.39. The molecule has 3 aliphatic heterocycles. The van der Waals surface area contributed by atoms with Gasteiger partial charge in [-0.05, 0) is 133 Å². The van der Waals surface area contributed by atoms with Crippen molar-refractivity contribution in [3.63, 3.8) is 0 Å². The zero-order valence-corrected chi connectivity index (χ0v) is 70.0. The van der Waals surface area contributed by atoms with Crippen molar-refractivity contribution in [1.29, 1.82) is 0 Å². The van der Waals surface area contributed by atoms with Gasteiger partial charge in [0.15, 0.2) is 6.10 Å². The number of rotatable bonds is 48. The summed E-state index contributed by atoms with van der Waals surface area (Å²) in [6.45, 7) is 21.6. The average molecular weight is 1540 g/mol. The zero-order valence-electron chi connectivity index (χ0n) is 70.0. The van der Waals surface area contributed by atoms with Crippen LogP contribution >= 0.6 is 0 Å². The van der Waals surface area contributed by atoms with Gasteiger partial charge >= 0.3 is 35.8 Å². The standard InChI is InChI=1S/C89H149NO19/c1-14-17-19-21-23-25-27-29-31-33-35-37-39-46-79(92)104-62-72(63-105-80(93)47-40-38-36-34-32-30-28-26-24-22-20-18-15-2)106-83(96)52-51-81(94)103-54-43-48-82(95)107-75-50-49-70(61-76(75)100-11)58-67(7)84-69(9)66(6)59-74(91)71(44-16-3)56-64(4)55-65(5)57-77(101-12)85-78(102-13)60-68(8)89(10,109-85)86(97)87(98)90-53-42-41-45-73(90)88(99)108-84/h16,56,58,65-66,68-73,75-78,84-85H,3,14-15,17-55,57,59-63H2,1-2,4-13H3/b64-56+,67-58+/t65-,66-,68+,69+,70?,71+,73-,75+,76+,77-,78-,84+,85+,89+/m0/s1. The van der Waals surface area contributed by atoms with Gasteiger partial charge in [0, 0.05) is 65.4 Å². The maximum Gasteiger partial charge on any atom is 0.329 e. The van der Waals surface area contributed by atoms with E-state index < -0.39 is 114 Å². The van der Waals surface area contributed by atoms with Crippen LogP contribution in [0.2, 0.25) is 0 Å². The molecule has 0 spiro atoms. The fourth-order valence-electron chi connectivity index (χ4n) is 16.3. The second-order valence-corrected chi connectivity index (χ2v) is 32.8. The molecule has 624 valence electrons. The number of ketones is 2. The van der Waals surface area contributed by atoms with E-state index in [0.29, 0.717) is 77.0 Å². The maximum absolute atomic E-state index is 14.9. The van der Waals surface area contributed by atoms with E-state index >= 15 is 0 Å². The summed E-state index contributed by atoms with van der Waals surface area (Å²) in [5.41, 5.74) is 0.250. The van der Waals surface area contributed by atoms with E-state index in [1.165, 1.54) is 120 Å². The summed E-state index contributed by atoms with van der Waals surface area (Å²) in [6, 6.07) is -1.05. The van der Waals surface area contributed by atoms with E-state index in [1.54, 1.807) is 34.3 Å². The molecule has 3 heterocycles. The van der Waals surface area contributed by atoms with E-state index in [0.717, 1.165) is 49.7 Å². The predicted octanol–water partition coefficient (Wildman–Crippen LogP) is 18.6. The molecule has 0 aromatic rings. The number of fused-ring (bicyclic) bond motifs is 3. The third-order valence-electron chi connectivity index (χ3n) is 23.4. The highest BCUT2D eigenvalue weighted by atomic mass is 16.6. The first-order valence-corrected chi connectivity index (χ1v) is 43.1. The summed E-state index contributed by atoms with van der Waals surface area (Å²) in [7, 11) is 4.79. The Hall–Kier alpha value is -5.31. The van der Waals surface area contributed by atoms with E-state index in [2.05, 4.69) is 33.4 Å². The van der Waals surface area contributed by atoms with Crippen molar-refractivity contribution in [2.75, 3.05) is 47.7 Å². The highest BCUT2D eigenvalue weighted by Crippen LogP contribution is 2.41. The molecule has 0 radical (unpaired) electrons. The second kappa shape index (κ2) is 55.2. The number of allylic oxidation sites excluding steroid dienone is 4. The number of esters is 6. The van der Waals surface area contributed by atoms with Crippen LogP contribution in [0.1, 0.15) is 338 Å². The van der Waals surface area contributed by atoms with Crippen molar-refractivity contribution in [3.8, 4) is 0 Å². The quantitative estimate of drug-likeness (QED) is 0.0180. The summed E-state index contributed by atoms with van der Waals surface area (Å²) in [4.78, 5) is 125. The molecule has 3 fully saturated rings. The number of unbranched alkanes of at least 4 members (excludes halogenated alkanes) is 24. The van der Waals surface area contributed by atoms with Crippen molar-refractivity contribution >= 4 is 53.3 Å². The molecule has 1 unspecified atom stereocenters. The summed E-state index contributed by atoms with van der Waals surface area (Å²) >= 11 is 0. The number of nitrogens with zero attached hydrogens (tertiary/aromatic N) is 1. The topological polar surface area (TPSA) is 249 Å². The third-order valence-corrected chi connectivity index (χ3v) is 23.4. The molecule has 0 aromatic heterocycles. The fourth-order valence-corrected chi connectivity index (χ4v) is 16.3. The predicted molar refractivity (Wildman–Crippen MR) is 425 cm³/mol. The van der Waals surface area contributed by atoms with Crippen molar-refractivity contribution in [2.24, 2.45) is 35.5 Å². The number of hydrogen-bond donors (Lipinski definition) is 0. The van der Waals surface area contributed by atoms with Crippen LogP contribution in [-0.4, -0.2) is 160 Å². The monoisotopic (exact) mass is 1540 g/mol. The lowest BCUT2D eigenvalue weighted by molar-refractivity contribution is -0.229. The number of cyclic esters (lactones) is 1. The molecule has 14 atom stereocenters. The van der Waals surface area contributed by atoms with Crippen molar-refractivity contribution in [2.45, 2.75) is 393 Å². The molecule has 109 heavy (non-hydrogen) atoms. The summed E-state index contributed by atoms with van der Waals surface area (Å²) in [5, 5.41) is 0. The Balaban J connectivity index is 1.33. The van der Waals surface area contributed by atoms with Crippen LogP contribution in [0.4, 0.5) is 0 Å². The molecule has 20 nitrogen and oxygen atoms in total. The highest BCUT2D eigenvalue weighted by Gasteiger charge is 2.55. The van der Waals surface area contributed by atoms with Gasteiger partial charge in [0.1, 0.15) is 49.0 Å². The number of ether oxygens (including phenoxy) is 10. The van der Waals surface area contributed by atoms with Crippen molar-refractivity contribution < 1.29 is 90.5 Å². The van der Waals surface area contributed by atoms with Crippen LogP contribution in [-0.2, 0) is 90.5 Å². The lowest BCUT2D eigenvalue weighted by Gasteiger charge is -2.48. The third kappa shape index (κ3) is 36.6. The SMILES string of the molecule is C=CC[C@@H]1/C=C(\C)C[C@H](C)C[C@H](OC)[C@H]2O[C@@](C)(C(=O)C(=O)N3CCCC[C@H]3C(=O)O[C@H](/C(C)=C/C3CC[C@@H](OC(=O)CCCOC(=O)CCC(=O)OC(COC(=O)CCCCCCCCCCCCCCC)COC(=O)CCCCCCCCCCCCCCC)[C@H](OC)C3)[C@H](C)[C@@H](C)CC1=O)[C@H](C)C[C@@H]2OC. The molecule has 1 aliphatic carbocycles. The van der Waals surface area contributed by atoms with Crippen molar-refractivity contribution in [1.82, 2.24) is 4.90 Å². The first kappa shape index (κ1) is 96.1. The zero-order chi connectivity index (χ0) is 79.9. The Morgan fingerprint density at radius 2 is 1.09 bits per heavy atom. The molecule has 0 aromatic carbocycles. The van der Waals surface area contributed by atoms with Crippen LogP contribution in [0.25, 0.3) is 0 Å². The number of hydrogen-bond acceptors (Lipinski definition) is 19. The van der Waals surface area contributed by atoms with E-state index in [9.17, 15) is 43.2 Å². The van der Waals surface area contributed by atoms with E-state index in [4.69, 9.17) is 47.4 Å². The summed E-state index contributed by atoms with van der Waals surface area (Å²) in [6.07, 6.45) is 37.5. The minimum Gasteiger partial charge on any atom is -0.466 e. The van der Waals surface area contributed by atoms with Crippen LogP contribution in [0.3, 0.4) is 0 Å². The van der Waals surface area contributed by atoms with Gasteiger partial charge in [0.05, 0.1) is 37.8 Å². The van der Waals surface area contributed by atoms with Crippen LogP contribution in [0.5, 0.6) is 0 Å². The average Bonchev–Trinajstić information content (AvgIpc) is 0.831. The molecule has 20 heteroatoms. The van der Waals surface area contributed by atoms with Crippen molar-refractivity contribution in [3.05, 3.63) is 36.0 Å². The molecular formula is C89H149NO19. The van der Waals surface area contributed by atoms with Gasteiger partial charge in [-0.3, -0.25) is 38.4 Å². The maximum atomic E-state index is 14.9. The van der Waals surface area contributed by atoms with Gasteiger partial charge in [-0.1, -0.05) is 219 Å². The Labute approximate surface area is 657 Å². The van der Waals surface area contributed by atoms with E-state index in [-0.39, 0.29) is 101 Å². The molecular weight excluding hydrogens is 1390 g/mol. The molecule has 4 rings (SSSR count). The number of methoxy groups -OCH3 is 3. The van der Waals surface area contributed by atoms with Gasteiger partial charge in [0.2, 0.25) is 0 Å². The van der Waals surface area contributed by atoms with Crippen LogP contribution in [0, 0.1) is 35.5 Å². The van der Waals surface area contributed by atoms with Gasteiger partial charge in [-0.15, -0.1) is 6.58 Å². The summed E-state index contributed by atoms with van der Waals surface area (Å²) in [5.74, 6) is -6.36. The number of carbonyl (C=O) groups excluding carboxylic acids is 9. The summed E-state index contributed by atoms with van der Waals surface area (Å²) < 4.78 is 59.6. The Bertz CT molecular complexity index is 2700. The first-order valence-electron chi connectivity index (χ1n) is 43.1. The molecule has 4 aliphatic rings. The fraction of sp³-hybridized carbons (Fsp3) is 0.831. The minimum atomic E-state index is -1.55. The smallest absolute Gasteiger partial charge is 0.329 e. The van der Waals surface area contributed by atoms with Gasteiger partial charge in [0.25, 0.3) is 11.7 Å². The van der Waals surface area contributed by atoms with Gasteiger partial charge < -0.3 is 52.3 Å². The van der Waals surface area contributed by atoms with E-state index in [1.807, 2.05) is 40.7 Å². The lowest BCUT2D eigenvalue weighted by Crippen LogP contribution is -2.63. The molecule has 1 saturated carbocycles. The Kier molecular flexibility index (Phi) is 48.7. The number of amides is 1. The molecule has 1 amide bonds. The second-order valence-electron chi connectivity index (χ2n) is 32.8. The van der Waals surface area contributed by atoms with Gasteiger partial charge in [-0.25, -0.2) is 4.79 Å². The van der Waals surface area contributed by atoms with Crippen LogP contribution < -0.4 is 0 Å². The lowest BCUT2D eigenvalue weighted by atomic mass is 9.76.